The van der Waals surface area contributed by atoms with Crippen molar-refractivity contribution < 1.29 is 18.3 Å². The number of ether oxygens (including phenoxy) is 1. The lowest BCUT2D eigenvalue weighted by atomic mass is 10.1. The van der Waals surface area contributed by atoms with Gasteiger partial charge in [0.05, 0.1) is 5.25 Å². The maximum atomic E-state index is 13.2. The van der Waals surface area contributed by atoms with Gasteiger partial charge in [-0.15, -0.1) is 11.8 Å². The van der Waals surface area contributed by atoms with Crippen LogP contribution in [0.5, 0.6) is 0 Å². The van der Waals surface area contributed by atoms with E-state index >= 15 is 0 Å². The molecule has 1 unspecified atom stereocenters. The first-order chi connectivity index (χ1) is 8.57. The normalized spacial score (nSPS) is 14.3. The SMILES string of the molecule is CCCC(F)(F)CCCSC(C)C(=O)OC(C)(C)C. The van der Waals surface area contributed by atoms with E-state index in [2.05, 4.69) is 0 Å². The van der Waals surface area contributed by atoms with Gasteiger partial charge < -0.3 is 4.74 Å². The smallest absolute Gasteiger partial charge is 0.319 e. The Morgan fingerprint density at radius 3 is 2.32 bits per heavy atom. The number of rotatable bonds is 8. The fraction of sp³-hybridized carbons (Fsp3) is 0.929. The molecule has 0 spiro atoms. The average Bonchev–Trinajstić information content (AvgIpc) is 2.21. The first kappa shape index (κ1) is 18.7. The Bertz CT molecular complexity index is 275. The second-order valence-electron chi connectivity index (χ2n) is 5.76. The topological polar surface area (TPSA) is 26.3 Å². The molecule has 1 atom stereocenters. The molecule has 0 fully saturated rings. The highest BCUT2D eigenvalue weighted by Crippen LogP contribution is 2.27. The van der Waals surface area contributed by atoms with E-state index in [1.165, 1.54) is 11.8 Å². The van der Waals surface area contributed by atoms with Crippen molar-refractivity contribution in [3.63, 3.8) is 0 Å². The van der Waals surface area contributed by atoms with E-state index in [1.54, 1.807) is 13.8 Å². The second kappa shape index (κ2) is 8.08. The number of hydrogen-bond acceptors (Lipinski definition) is 3. The highest BCUT2D eigenvalue weighted by molar-refractivity contribution is 8.00. The molecule has 0 amide bonds. The fourth-order valence-corrected chi connectivity index (χ4v) is 2.38. The highest BCUT2D eigenvalue weighted by Gasteiger charge is 2.27. The van der Waals surface area contributed by atoms with Gasteiger partial charge in [-0.3, -0.25) is 4.79 Å². The summed E-state index contributed by atoms with van der Waals surface area (Å²) in [5.41, 5.74) is -0.500. The van der Waals surface area contributed by atoms with Crippen LogP contribution in [0.1, 0.15) is 60.3 Å². The molecule has 0 aromatic carbocycles. The number of thioether (sulfide) groups is 1. The van der Waals surface area contributed by atoms with Crippen molar-refractivity contribution in [2.24, 2.45) is 0 Å². The van der Waals surface area contributed by atoms with E-state index in [-0.39, 0.29) is 24.1 Å². The molecule has 0 aliphatic heterocycles. The van der Waals surface area contributed by atoms with Gasteiger partial charge in [-0.05, 0) is 39.9 Å². The lowest BCUT2D eigenvalue weighted by molar-refractivity contribution is -0.153. The lowest BCUT2D eigenvalue weighted by Gasteiger charge is -2.22. The molecule has 0 aromatic heterocycles. The summed E-state index contributed by atoms with van der Waals surface area (Å²) in [4.78, 5) is 11.7. The maximum absolute atomic E-state index is 13.2. The average molecular weight is 296 g/mol. The zero-order chi connectivity index (χ0) is 15.1. The van der Waals surface area contributed by atoms with Crippen LogP contribution in [0.3, 0.4) is 0 Å². The summed E-state index contributed by atoms with van der Waals surface area (Å²) in [5.74, 6) is -2.29. The molecule has 0 saturated carbocycles. The Kier molecular flexibility index (Phi) is 7.94. The third-order valence-corrected chi connectivity index (χ3v) is 3.63. The van der Waals surface area contributed by atoms with Crippen LogP contribution in [-0.4, -0.2) is 28.5 Å². The van der Waals surface area contributed by atoms with Gasteiger partial charge in [0.25, 0.3) is 0 Å². The third kappa shape index (κ3) is 10.2. The molecule has 19 heavy (non-hydrogen) atoms. The molecular formula is C14H26F2O2S. The van der Waals surface area contributed by atoms with Gasteiger partial charge in [-0.2, -0.15) is 0 Å². The van der Waals surface area contributed by atoms with Gasteiger partial charge in [0.2, 0.25) is 5.92 Å². The minimum absolute atomic E-state index is 0.0563. The van der Waals surface area contributed by atoms with Crippen LogP contribution in [0.25, 0.3) is 0 Å². The Hall–Kier alpha value is -0.320. The second-order valence-corrected chi connectivity index (χ2v) is 7.20. The molecule has 0 aromatic rings. The standard InChI is InChI=1S/C14H26F2O2S/c1-6-8-14(15,16)9-7-10-19-11(2)12(17)18-13(3,4)5/h11H,6-10H2,1-5H3. The molecule has 0 aliphatic rings. The van der Waals surface area contributed by atoms with Crippen molar-refractivity contribution in [1.82, 2.24) is 0 Å². The zero-order valence-corrected chi connectivity index (χ0v) is 13.4. The first-order valence-electron chi connectivity index (χ1n) is 6.79. The van der Waals surface area contributed by atoms with Gasteiger partial charge >= 0.3 is 5.97 Å². The van der Waals surface area contributed by atoms with E-state index in [9.17, 15) is 13.6 Å². The van der Waals surface area contributed by atoms with Crippen LogP contribution in [0, 0.1) is 0 Å². The van der Waals surface area contributed by atoms with E-state index < -0.39 is 11.5 Å². The molecule has 2 nitrogen and oxygen atoms in total. The maximum Gasteiger partial charge on any atom is 0.319 e. The van der Waals surface area contributed by atoms with E-state index in [1.807, 2.05) is 20.8 Å². The van der Waals surface area contributed by atoms with Gasteiger partial charge in [0.15, 0.2) is 0 Å². The summed E-state index contributed by atoms with van der Waals surface area (Å²) < 4.78 is 31.7. The van der Waals surface area contributed by atoms with Crippen LogP contribution in [-0.2, 0) is 9.53 Å². The van der Waals surface area contributed by atoms with Crippen LogP contribution in [0.4, 0.5) is 8.78 Å². The van der Waals surface area contributed by atoms with Crippen LogP contribution in [0.15, 0.2) is 0 Å². The van der Waals surface area contributed by atoms with Crippen molar-refractivity contribution in [3.8, 4) is 0 Å². The number of esters is 1. The summed E-state index contributed by atoms with van der Waals surface area (Å²) in [6.07, 6.45) is 0.757. The Balaban J connectivity index is 3.86. The molecule has 114 valence electrons. The lowest BCUT2D eigenvalue weighted by Crippen LogP contribution is -2.29. The summed E-state index contributed by atoms with van der Waals surface area (Å²) in [7, 11) is 0. The number of carbonyl (C=O) groups is 1. The monoisotopic (exact) mass is 296 g/mol. The van der Waals surface area contributed by atoms with Crippen LogP contribution < -0.4 is 0 Å². The van der Waals surface area contributed by atoms with Gasteiger partial charge in [0, 0.05) is 12.8 Å². The van der Waals surface area contributed by atoms with Crippen molar-refractivity contribution in [1.29, 1.82) is 0 Å². The Labute approximate surface area is 119 Å². The molecule has 0 aliphatic carbocycles. The molecule has 5 heteroatoms. The molecule has 0 saturated heterocycles. The largest absolute Gasteiger partial charge is 0.459 e. The predicted octanol–water partition coefficient (Wildman–Crippen LogP) is 4.67. The van der Waals surface area contributed by atoms with E-state index in [4.69, 9.17) is 4.74 Å². The predicted molar refractivity (Wildman–Crippen MR) is 76.9 cm³/mol. The van der Waals surface area contributed by atoms with Crippen molar-refractivity contribution in [2.75, 3.05) is 5.75 Å². The highest BCUT2D eigenvalue weighted by atomic mass is 32.2. The zero-order valence-electron chi connectivity index (χ0n) is 12.6. The van der Waals surface area contributed by atoms with Gasteiger partial charge in [0.1, 0.15) is 5.60 Å². The van der Waals surface area contributed by atoms with Crippen molar-refractivity contribution >= 4 is 17.7 Å². The first-order valence-corrected chi connectivity index (χ1v) is 7.84. The van der Waals surface area contributed by atoms with Crippen molar-refractivity contribution in [2.45, 2.75) is 77.1 Å². The van der Waals surface area contributed by atoms with E-state index in [0.717, 1.165) is 0 Å². The molecule has 0 N–H and O–H groups in total. The van der Waals surface area contributed by atoms with Gasteiger partial charge in [-0.25, -0.2) is 8.78 Å². The van der Waals surface area contributed by atoms with Crippen molar-refractivity contribution in [3.05, 3.63) is 0 Å². The van der Waals surface area contributed by atoms with Crippen LogP contribution in [0.2, 0.25) is 0 Å². The summed E-state index contributed by atoms with van der Waals surface area (Å²) >= 11 is 1.38. The molecule has 0 radical (unpaired) electrons. The van der Waals surface area contributed by atoms with Crippen LogP contribution >= 0.6 is 11.8 Å². The molecule has 0 heterocycles. The van der Waals surface area contributed by atoms with E-state index in [0.29, 0.717) is 18.6 Å². The minimum atomic E-state index is -2.57. The van der Waals surface area contributed by atoms with Gasteiger partial charge in [-0.1, -0.05) is 13.3 Å². The number of halogens is 2. The number of alkyl halides is 2. The number of carbonyl (C=O) groups excluding carboxylic acids is 1. The molecule has 0 rings (SSSR count). The number of hydrogen-bond donors (Lipinski definition) is 0. The summed E-state index contributed by atoms with van der Waals surface area (Å²) in [5, 5.41) is -0.306. The fourth-order valence-electron chi connectivity index (χ4n) is 1.53. The third-order valence-electron chi connectivity index (χ3n) is 2.41. The Morgan fingerprint density at radius 1 is 1.26 bits per heavy atom. The minimum Gasteiger partial charge on any atom is -0.459 e. The summed E-state index contributed by atoms with van der Waals surface area (Å²) in [6, 6.07) is 0. The summed E-state index contributed by atoms with van der Waals surface area (Å²) in [6.45, 7) is 8.95. The molecule has 0 bridgehead atoms. The Morgan fingerprint density at radius 2 is 1.84 bits per heavy atom. The quantitative estimate of drug-likeness (QED) is 0.481. The molecular weight excluding hydrogens is 270 g/mol.